The quantitative estimate of drug-likeness (QED) is 0.849. The number of carbonyl (C=O) groups is 2. The molecule has 1 saturated heterocycles. The van der Waals surface area contributed by atoms with E-state index in [4.69, 9.17) is 9.47 Å². The minimum absolute atomic E-state index is 0.0943. The van der Waals surface area contributed by atoms with Crippen LogP contribution in [0.25, 0.3) is 0 Å². The second-order valence-electron chi connectivity index (χ2n) is 5.68. The van der Waals surface area contributed by atoms with E-state index >= 15 is 0 Å². The van der Waals surface area contributed by atoms with Crippen molar-refractivity contribution in [3.05, 3.63) is 23.8 Å². The fraction of sp³-hybridized carbons (Fsp3) is 0.529. The maximum Gasteiger partial charge on any atom is 0.255 e. The molecule has 0 aromatic heterocycles. The Bertz CT molecular complexity index is 608. The lowest BCUT2D eigenvalue weighted by Crippen LogP contribution is -2.49. The van der Waals surface area contributed by atoms with E-state index in [0.717, 1.165) is 6.42 Å². The van der Waals surface area contributed by atoms with Crippen LogP contribution in [-0.2, 0) is 4.79 Å². The molecule has 1 aliphatic rings. The average molecular weight is 352 g/mol. The van der Waals surface area contributed by atoms with Crippen LogP contribution in [0.15, 0.2) is 18.2 Å². The Balaban J connectivity index is 2.17. The van der Waals surface area contributed by atoms with Gasteiger partial charge in [-0.25, -0.2) is 0 Å². The number of methoxy groups -OCH3 is 2. The molecule has 6 nitrogen and oxygen atoms in total. The third-order valence-corrected chi connectivity index (χ3v) is 5.09. The van der Waals surface area contributed by atoms with Crippen molar-refractivity contribution in [3.8, 4) is 11.5 Å². The number of carbonyl (C=O) groups excluding carboxylic acids is 2. The van der Waals surface area contributed by atoms with Gasteiger partial charge in [-0.3, -0.25) is 9.59 Å². The number of benzene rings is 1. The molecule has 1 heterocycles. The first-order chi connectivity index (χ1) is 11.5. The molecule has 2 amide bonds. The summed E-state index contributed by atoms with van der Waals surface area (Å²) in [7, 11) is 3.08. The van der Waals surface area contributed by atoms with E-state index in [1.165, 1.54) is 7.11 Å². The van der Waals surface area contributed by atoms with Crippen molar-refractivity contribution in [3.63, 3.8) is 0 Å². The van der Waals surface area contributed by atoms with Gasteiger partial charge in [0.25, 0.3) is 5.91 Å². The van der Waals surface area contributed by atoms with E-state index in [-0.39, 0.29) is 17.9 Å². The van der Waals surface area contributed by atoms with Crippen molar-refractivity contribution in [1.82, 2.24) is 10.2 Å². The molecule has 2 atom stereocenters. The van der Waals surface area contributed by atoms with Gasteiger partial charge in [0, 0.05) is 17.4 Å². The highest BCUT2D eigenvalue weighted by Crippen LogP contribution is 2.30. The summed E-state index contributed by atoms with van der Waals surface area (Å²) in [6, 6.07) is 4.69. The smallest absolute Gasteiger partial charge is 0.255 e. The minimum Gasteiger partial charge on any atom is -0.493 e. The predicted octanol–water partition coefficient (Wildman–Crippen LogP) is 2.13. The van der Waals surface area contributed by atoms with Gasteiger partial charge in [-0.05, 0) is 31.5 Å². The molecule has 0 spiro atoms. The van der Waals surface area contributed by atoms with Gasteiger partial charge in [0.05, 0.1) is 20.1 Å². The van der Waals surface area contributed by atoms with Crippen LogP contribution in [0, 0.1) is 0 Å². The van der Waals surface area contributed by atoms with Crippen molar-refractivity contribution in [2.45, 2.75) is 32.4 Å². The SMILES string of the molecule is CC[C@@H](C)NC(=O)[C@@H]1CSCN1C(=O)c1ccc(OC)c(OC)c1. The number of ether oxygens (including phenoxy) is 2. The molecule has 1 fully saturated rings. The third-order valence-electron chi connectivity index (χ3n) is 4.08. The molecular weight excluding hydrogens is 328 g/mol. The normalized spacial score (nSPS) is 18.2. The molecule has 0 bridgehead atoms. The van der Waals surface area contributed by atoms with Crippen molar-refractivity contribution >= 4 is 23.6 Å². The fourth-order valence-electron chi connectivity index (χ4n) is 2.44. The van der Waals surface area contributed by atoms with Gasteiger partial charge in [-0.15, -0.1) is 11.8 Å². The Morgan fingerprint density at radius 1 is 1.33 bits per heavy atom. The van der Waals surface area contributed by atoms with Gasteiger partial charge in [-0.2, -0.15) is 0 Å². The van der Waals surface area contributed by atoms with E-state index in [2.05, 4.69) is 5.32 Å². The molecule has 0 saturated carbocycles. The largest absolute Gasteiger partial charge is 0.493 e. The summed E-state index contributed by atoms with van der Waals surface area (Å²) in [6.45, 7) is 3.97. The van der Waals surface area contributed by atoms with E-state index in [0.29, 0.717) is 28.7 Å². The Hall–Kier alpha value is -1.89. The summed E-state index contributed by atoms with van der Waals surface area (Å²) >= 11 is 1.58. The van der Waals surface area contributed by atoms with Crippen LogP contribution in [0.1, 0.15) is 30.6 Å². The van der Waals surface area contributed by atoms with Gasteiger partial charge < -0.3 is 19.7 Å². The maximum absolute atomic E-state index is 12.8. The van der Waals surface area contributed by atoms with Crippen LogP contribution in [0.3, 0.4) is 0 Å². The number of hydrogen-bond donors (Lipinski definition) is 1. The molecule has 1 aromatic carbocycles. The molecule has 24 heavy (non-hydrogen) atoms. The fourth-order valence-corrected chi connectivity index (χ4v) is 3.59. The van der Waals surface area contributed by atoms with Crippen LogP contribution in [0.4, 0.5) is 0 Å². The lowest BCUT2D eigenvalue weighted by Gasteiger charge is -2.24. The predicted molar refractivity (Wildman–Crippen MR) is 94.7 cm³/mol. The van der Waals surface area contributed by atoms with Crippen LogP contribution in [0.5, 0.6) is 11.5 Å². The Labute approximate surface area is 146 Å². The summed E-state index contributed by atoms with van der Waals surface area (Å²) in [6.07, 6.45) is 0.856. The zero-order chi connectivity index (χ0) is 17.7. The molecule has 1 N–H and O–H groups in total. The van der Waals surface area contributed by atoms with Gasteiger partial charge in [0.2, 0.25) is 5.91 Å². The number of hydrogen-bond acceptors (Lipinski definition) is 5. The Kier molecular flexibility index (Phi) is 6.36. The standard InChI is InChI=1S/C17H24N2O4S/c1-5-11(2)18-16(20)13-9-24-10-19(13)17(21)12-6-7-14(22-3)15(8-12)23-4/h6-8,11,13H,5,9-10H2,1-4H3,(H,18,20)/t11-,13+/m1/s1. The maximum atomic E-state index is 12.8. The van der Waals surface area contributed by atoms with Crippen molar-refractivity contribution in [2.75, 3.05) is 25.8 Å². The first-order valence-corrected chi connectivity index (χ1v) is 9.08. The Morgan fingerprint density at radius 3 is 2.67 bits per heavy atom. The summed E-state index contributed by atoms with van der Waals surface area (Å²) in [4.78, 5) is 26.9. The summed E-state index contributed by atoms with van der Waals surface area (Å²) in [5, 5.41) is 2.96. The first kappa shape index (κ1) is 18.4. The van der Waals surface area contributed by atoms with E-state index in [1.54, 1.807) is 42.0 Å². The topological polar surface area (TPSA) is 67.9 Å². The summed E-state index contributed by atoms with van der Waals surface area (Å²) in [5.74, 6) is 1.91. The Morgan fingerprint density at radius 2 is 2.04 bits per heavy atom. The molecule has 1 aliphatic heterocycles. The lowest BCUT2D eigenvalue weighted by molar-refractivity contribution is -0.125. The van der Waals surface area contributed by atoms with Crippen LogP contribution in [-0.4, -0.2) is 54.6 Å². The molecule has 7 heteroatoms. The molecule has 1 aromatic rings. The number of thioether (sulfide) groups is 1. The van der Waals surface area contributed by atoms with Crippen LogP contribution in [0.2, 0.25) is 0 Å². The van der Waals surface area contributed by atoms with Crippen molar-refractivity contribution in [2.24, 2.45) is 0 Å². The highest BCUT2D eigenvalue weighted by molar-refractivity contribution is 7.99. The number of nitrogens with one attached hydrogen (secondary N) is 1. The average Bonchev–Trinajstić information content (AvgIpc) is 3.10. The zero-order valence-corrected chi connectivity index (χ0v) is 15.3. The number of nitrogens with zero attached hydrogens (tertiary/aromatic N) is 1. The molecular formula is C17H24N2O4S. The van der Waals surface area contributed by atoms with E-state index < -0.39 is 6.04 Å². The summed E-state index contributed by atoms with van der Waals surface area (Å²) < 4.78 is 10.4. The molecule has 0 unspecified atom stereocenters. The van der Waals surface area contributed by atoms with E-state index in [1.807, 2.05) is 13.8 Å². The van der Waals surface area contributed by atoms with Gasteiger partial charge in [-0.1, -0.05) is 6.92 Å². The van der Waals surface area contributed by atoms with Gasteiger partial charge >= 0.3 is 0 Å². The summed E-state index contributed by atoms with van der Waals surface area (Å²) in [5.41, 5.74) is 0.483. The second kappa shape index (κ2) is 8.28. The molecule has 2 rings (SSSR count). The van der Waals surface area contributed by atoms with Crippen LogP contribution < -0.4 is 14.8 Å². The zero-order valence-electron chi connectivity index (χ0n) is 14.5. The number of rotatable bonds is 6. The first-order valence-electron chi connectivity index (χ1n) is 7.92. The second-order valence-corrected chi connectivity index (χ2v) is 6.68. The van der Waals surface area contributed by atoms with Gasteiger partial charge in [0.1, 0.15) is 6.04 Å². The number of amides is 2. The molecule has 0 radical (unpaired) electrons. The minimum atomic E-state index is -0.440. The van der Waals surface area contributed by atoms with E-state index in [9.17, 15) is 9.59 Å². The molecule has 132 valence electrons. The monoisotopic (exact) mass is 352 g/mol. The van der Waals surface area contributed by atoms with Crippen LogP contribution >= 0.6 is 11.8 Å². The van der Waals surface area contributed by atoms with Crippen molar-refractivity contribution < 1.29 is 19.1 Å². The van der Waals surface area contributed by atoms with Gasteiger partial charge in [0.15, 0.2) is 11.5 Å². The highest BCUT2D eigenvalue weighted by atomic mass is 32.2. The van der Waals surface area contributed by atoms with Crippen molar-refractivity contribution in [1.29, 1.82) is 0 Å². The molecule has 0 aliphatic carbocycles. The lowest BCUT2D eigenvalue weighted by atomic mass is 10.1. The third kappa shape index (κ3) is 3.95. The highest BCUT2D eigenvalue weighted by Gasteiger charge is 2.35.